The normalized spacial score (nSPS) is 16.8. The number of anilines is 1. The largest absolute Gasteiger partial charge is 0.424 e. The lowest BCUT2D eigenvalue weighted by atomic mass is 9.84. The highest BCUT2D eigenvalue weighted by Gasteiger charge is 2.22. The van der Waals surface area contributed by atoms with Gasteiger partial charge in [-0.3, -0.25) is 4.98 Å². The van der Waals surface area contributed by atoms with Crippen LogP contribution in [0.1, 0.15) is 55.8 Å². The number of oxazole rings is 1. The van der Waals surface area contributed by atoms with Crippen LogP contribution < -0.4 is 5.32 Å². The summed E-state index contributed by atoms with van der Waals surface area (Å²) in [7, 11) is 0. The molecule has 130 valence electrons. The molecule has 1 aliphatic carbocycles. The van der Waals surface area contributed by atoms with Crippen molar-refractivity contribution in [2.75, 3.05) is 5.32 Å². The van der Waals surface area contributed by atoms with E-state index in [2.05, 4.69) is 40.4 Å². The van der Waals surface area contributed by atoms with Crippen molar-refractivity contribution in [1.29, 1.82) is 0 Å². The Bertz CT molecular complexity index is 822. The van der Waals surface area contributed by atoms with Gasteiger partial charge >= 0.3 is 0 Å². The average molecular weight is 335 g/mol. The van der Waals surface area contributed by atoms with E-state index in [0.717, 1.165) is 29.1 Å². The van der Waals surface area contributed by atoms with Gasteiger partial charge in [0.15, 0.2) is 5.58 Å². The van der Waals surface area contributed by atoms with Crippen LogP contribution in [0.3, 0.4) is 0 Å². The van der Waals surface area contributed by atoms with Crippen LogP contribution in [0.2, 0.25) is 0 Å². The molecular formula is C21H25N3O. The maximum atomic E-state index is 5.91. The molecule has 1 aromatic carbocycles. The minimum absolute atomic E-state index is 0.137. The van der Waals surface area contributed by atoms with Crippen LogP contribution >= 0.6 is 0 Å². The van der Waals surface area contributed by atoms with Crippen molar-refractivity contribution in [1.82, 2.24) is 9.97 Å². The third-order valence-electron chi connectivity index (χ3n) is 5.18. The van der Waals surface area contributed by atoms with Crippen LogP contribution in [0.4, 0.5) is 6.01 Å². The molecule has 0 amide bonds. The third-order valence-corrected chi connectivity index (χ3v) is 5.18. The molecule has 1 atom stereocenters. The van der Waals surface area contributed by atoms with E-state index in [0.29, 0.717) is 6.01 Å². The topological polar surface area (TPSA) is 51.0 Å². The van der Waals surface area contributed by atoms with Gasteiger partial charge in [0.25, 0.3) is 6.01 Å². The van der Waals surface area contributed by atoms with Crippen molar-refractivity contribution in [3.8, 4) is 0 Å². The van der Waals surface area contributed by atoms with E-state index < -0.39 is 0 Å². The fourth-order valence-corrected chi connectivity index (χ4v) is 3.84. The summed E-state index contributed by atoms with van der Waals surface area (Å²) in [5.74, 6) is 0.750. The van der Waals surface area contributed by atoms with E-state index >= 15 is 0 Å². The summed E-state index contributed by atoms with van der Waals surface area (Å²) >= 11 is 0. The van der Waals surface area contributed by atoms with E-state index in [-0.39, 0.29) is 6.04 Å². The Morgan fingerprint density at radius 1 is 1.16 bits per heavy atom. The summed E-state index contributed by atoms with van der Waals surface area (Å²) in [6, 6.07) is 12.9. The maximum absolute atomic E-state index is 5.91. The molecule has 1 fully saturated rings. The van der Waals surface area contributed by atoms with Crippen molar-refractivity contribution < 1.29 is 4.42 Å². The van der Waals surface area contributed by atoms with Crippen molar-refractivity contribution in [2.24, 2.45) is 5.92 Å². The molecular weight excluding hydrogens is 310 g/mol. The lowest BCUT2D eigenvalue weighted by molar-refractivity contribution is 0.322. The molecule has 25 heavy (non-hydrogen) atoms. The van der Waals surface area contributed by atoms with Crippen LogP contribution in [-0.2, 0) is 0 Å². The van der Waals surface area contributed by atoms with Crippen LogP contribution in [0.25, 0.3) is 11.1 Å². The maximum Gasteiger partial charge on any atom is 0.296 e. The Labute approximate surface area is 148 Å². The Morgan fingerprint density at radius 2 is 2.04 bits per heavy atom. The standard InChI is InChI=1S/C21H25N3O/c1-15-10-11-20-19(13-15)24-21(25-20)23-18(17-9-5-6-12-22-17)14-16-7-3-2-4-8-16/h5-6,9-13,16,18H,2-4,7-8,14H2,1H3,(H,23,24)/t18-/m0/s1. The predicted octanol–water partition coefficient (Wildman–Crippen LogP) is 5.65. The zero-order valence-corrected chi connectivity index (χ0v) is 14.7. The minimum atomic E-state index is 0.137. The zero-order valence-electron chi connectivity index (χ0n) is 14.7. The van der Waals surface area contributed by atoms with Crippen LogP contribution in [0.15, 0.2) is 47.0 Å². The summed E-state index contributed by atoms with van der Waals surface area (Å²) in [5.41, 5.74) is 3.98. The van der Waals surface area contributed by atoms with Gasteiger partial charge in [-0.05, 0) is 49.1 Å². The highest BCUT2D eigenvalue weighted by Crippen LogP contribution is 2.33. The predicted molar refractivity (Wildman–Crippen MR) is 101 cm³/mol. The molecule has 0 bridgehead atoms. The molecule has 3 aromatic rings. The number of nitrogens with one attached hydrogen (secondary N) is 1. The molecule has 0 saturated heterocycles. The fourth-order valence-electron chi connectivity index (χ4n) is 3.84. The van der Waals surface area contributed by atoms with Gasteiger partial charge < -0.3 is 9.73 Å². The molecule has 0 aliphatic heterocycles. The monoisotopic (exact) mass is 335 g/mol. The first kappa shape index (κ1) is 16.1. The van der Waals surface area contributed by atoms with Crippen molar-refractivity contribution in [2.45, 2.75) is 51.5 Å². The van der Waals surface area contributed by atoms with Gasteiger partial charge in [0.1, 0.15) is 5.52 Å². The molecule has 0 spiro atoms. The van der Waals surface area contributed by atoms with Crippen molar-refractivity contribution in [3.05, 3.63) is 53.9 Å². The Balaban J connectivity index is 1.57. The molecule has 1 aliphatic rings. The fraction of sp³-hybridized carbons (Fsp3) is 0.429. The Morgan fingerprint density at radius 3 is 2.84 bits per heavy atom. The lowest BCUT2D eigenvalue weighted by Gasteiger charge is -2.26. The second kappa shape index (κ2) is 7.26. The molecule has 1 saturated carbocycles. The van der Waals surface area contributed by atoms with E-state index in [1.165, 1.54) is 37.7 Å². The highest BCUT2D eigenvalue weighted by atomic mass is 16.4. The van der Waals surface area contributed by atoms with Gasteiger partial charge in [-0.2, -0.15) is 4.98 Å². The number of aryl methyl sites for hydroxylation is 1. The SMILES string of the molecule is Cc1ccc2oc(N[C@@H](CC3CCCCC3)c3ccccn3)nc2c1. The van der Waals surface area contributed by atoms with E-state index in [4.69, 9.17) is 4.42 Å². The molecule has 2 heterocycles. The number of hydrogen-bond acceptors (Lipinski definition) is 4. The van der Waals surface area contributed by atoms with Gasteiger partial charge in [0, 0.05) is 6.20 Å². The summed E-state index contributed by atoms with van der Waals surface area (Å²) in [5, 5.41) is 3.51. The van der Waals surface area contributed by atoms with E-state index in [1.54, 1.807) is 0 Å². The first-order valence-electron chi connectivity index (χ1n) is 9.32. The molecule has 1 N–H and O–H groups in total. The zero-order chi connectivity index (χ0) is 17.1. The van der Waals surface area contributed by atoms with Crippen molar-refractivity contribution >= 4 is 17.1 Å². The first-order valence-corrected chi connectivity index (χ1v) is 9.32. The summed E-state index contributed by atoms with van der Waals surface area (Å²) in [4.78, 5) is 9.20. The Kier molecular flexibility index (Phi) is 4.68. The van der Waals surface area contributed by atoms with Gasteiger partial charge in [-0.15, -0.1) is 0 Å². The van der Waals surface area contributed by atoms with Gasteiger partial charge in [0.05, 0.1) is 11.7 Å². The second-order valence-corrected chi connectivity index (χ2v) is 7.18. The molecule has 0 radical (unpaired) electrons. The number of rotatable bonds is 5. The summed E-state index contributed by atoms with van der Waals surface area (Å²) < 4.78 is 5.91. The average Bonchev–Trinajstić information content (AvgIpc) is 3.04. The summed E-state index contributed by atoms with van der Waals surface area (Å²) in [6.07, 6.45) is 9.65. The highest BCUT2D eigenvalue weighted by molar-refractivity contribution is 5.75. The number of benzene rings is 1. The summed E-state index contributed by atoms with van der Waals surface area (Å²) in [6.45, 7) is 2.07. The first-order chi connectivity index (χ1) is 12.3. The van der Waals surface area contributed by atoms with Crippen LogP contribution in [-0.4, -0.2) is 9.97 Å². The molecule has 2 aromatic heterocycles. The smallest absolute Gasteiger partial charge is 0.296 e. The van der Waals surface area contributed by atoms with Crippen LogP contribution in [0.5, 0.6) is 0 Å². The minimum Gasteiger partial charge on any atom is -0.424 e. The van der Waals surface area contributed by atoms with E-state index in [9.17, 15) is 0 Å². The van der Waals surface area contributed by atoms with Gasteiger partial charge in [-0.25, -0.2) is 0 Å². The van der Waals surface area contributed by atoms with Gasteiger partial charge in [-0.1, -0.05) is 44.2 Å². The molecule has 4 heteroatoms. The Hall–Kier alpha value is -2.36. The molecule has 4 rings (SSSR count). The molecule has 0 unspecified atom stereocenters. The van der Waals surface area contributed by atoms with E-state index in [1.807, 2.05) is 24.4 Å². The van der Waals surface area contributed by atoms with Crippen LogP contribution in [0, 0.1) is 12.8 Å². The van der Waals surface area contributed by atoms with Crippen molar-refractivity contribution in [3.63, 3.8) is 0 Å². The number of nitrogens with zero attached hydrogens (tertiary/aromatic N) is 2. The number of hydrogen-bond donors (Lipinski definition) is 1. The number of aromatic nitrogens is 2. The van der Waals surface area contributed by atoms with Gasteiger partial charge in [0.2, 0.25) is 0 Å². The lowest BCUT2D eigenvalue weighted by Crippen LogP contribution is -2.18. The third kappa shape index (κ3) is 3.84. The quantitative estimate of drug-likeness (QED) is 0.654. The number of pyridine rings is 1. The molecule has 4 nitrogen and oxygen atoms in total. The second-order valence-electron chi connectivity index (χ2n) is 7.18. The number of fused-ring (bicyclic) bond motifs is 1.